The van der Waals surface area contributed by atoms with Crippen LogP contribution in [0.5, 0.6) is 0 Å². The van der Waals surface area contributed by atoms with E-state index in [1.165, 1.54) is 11.3 Å². The Morgan fingerprint density at radius 1 is 1.16 bits per heavy atom. The van der Waals surface area contributed by atoms with Crippen LogP contribution >= 0.6 is 22.9 Å². The normalized spacial score (nSPS) is 15.6. The van der Waals surface area contributed by atoms with Crippen molar-refractivity contribution in [2.24, 2.45) is 5.10 Å². The highest BCUT2D eigenvalue weighted by atomic mass is 35.5. The van der Waals surface area contributed by atoms with Gasteiger partial charge < -0.3 is 10.1 Å². The van der Waals surface area contributed by atoms with E-state index in [1.54, 1.807) is 54.0 Å². The van der Waals surface area contributed by atoms with E-state index in [4.69, 9.17) is 16.7 Å². The monoisotopic (exact) mass is 556 g/mol. The Hall–Kier alpha value is -3.96. The second-order valence-corrected chi connectivity index (χ2v) is 10.1. The number of aliphatic carboxylic acids is 1. The Balaban J connectivity index is 1.70. The van der Waals surface area contributed by atoms with Gasteiger partial charge in [0.2, 0.25) is 0 Å². The predicted molar refractivity (Wildman–Crippen MR) is 140 cm³/mol. The summed E-state index contributed by atoms with van der Waals surface area (Å²) in [4.78, 5) is 44.3. The molecule has 1 atom stereocenters. The number of hydrogen-bond donors (Lipinski definition) is 2. The third kappa shape index (κ3) is 4.70. The molecule has 0 saturated carbocycles. The molecule has 3 heterocycles. The first-order chi connectivity index (χ1) is 18.0. The number of carboxylic acid groups (broad SMARTS) is 1. The van der Waals surface area contributed by atoms with Crippen LogP contribution in [-0.4, -0.2) is 43.6 Å². The lowest BCUT2D eigenvalue weighted by molar-refractivity contribution is -0.167. The van der Waals surface area contributed by atoms with Gasteiger partial charge in [-0.3, -0.25) is 14.4 Å². The summed E-state index contributed by atoms with van der Waals surface area (Å²) >= 11 is 7.34. The van der Waals surface area contributed by atoms with Crippen LogP contribution in [0.1, 0.15) is 35.6 Å². The van der Waals surface area contributed by atoms with Gasteiger partial charge in [-0.2, -0.15) is 13.9 Å². The van der Waals surface area contributed by atoms with Crippen LogP contribution in [0.3, 0.4) is 0 Å². The first-order valence-corrected chi connectivity index (χ1v) is 12.6. The van der Waals surface area contributed by atoms with Crippen LogP contribution in [0.15, 0.2) is 63.9 Å². The van der Waals surface area contributed by atoms with Gasteiger partial charge in [-0.05, 0) is 30.2 Å². The number of aromatic nitrogens is 2. The number of benzene rings is 2. The van der Waals surface area contributed by atoms with Gasteiger partial charge in [0.25, 0.3) is 5.56 Å². The number of pyridine rings is 1. The van der Waals surface area contributed by atoms with Crippen molar-refractivity contribution in [3.05, 3.63) is 86.1 Å². The summed E-state index contributed by atoms with van der Waals surface area (Å²) in [6.07, 6.45) is -1.73. The number of H-pyrrole nitrogens is 1. The zero-order valence-electron chi connectivity index (χ0n) is 19.7. The number of alkyl halides is 2. The largest absolute Gasteiger partial charge is 0.481 e. The average Bonchev–Trinajstić information content (AvgIpc) is 3.50. The van der Waals surface area contributed by atoms with Gasteiger partial charge in [-0.15, -0.1) is 11.3 Å². The van der Waals surface area contributed by atoms with Crippen molar-refractivity contribution in [2.45, 2.75) is 31.7 Å². The van der Waals surface area contributed by atoms with E-state index in [-0.39, 0.29) is 17.7 Å². The fourth-order valence-electron chi connectivity index (χ4n) is 4.41. The number of carbonyl (C=O) groups excluding carboxylic acids is 1. The van der Waals surface area contributed by atoms with Gasteiger partial charge in [0.1, 0.15) is 6.42 Å². The first kappa shape index (κ1) is 25.7. The molecule has 194 valence electrons. The predicted octanol–water partition coefficient (Wildman–Crippen LogP) is 5.40. The van der Waals surface area contributed by atoms with Gasteiger partial charge in [0.05, 0.1) is 27.5 Å². The van der Waals surface area contributed by atoms with Crippen molar-refractivity contribution >= 4 is 50.9 Å². The Bertz CT molecular complexity index is 1650. The molecule has 0 saturated heterocycles. The van der Waals surface area contributed by atoms with E-state index in [2.05, 4.69) is 15.1 Å². The summed E-state index contributed by atoms with van der Waals surface area (Å²) in [6.45, 7) is 1.85. The van der Waals surface area contributed by atoms with E-state index < -0.39 is 35.8 Å². The van der Waals surface area contributed by atoms with E-state index in [0.717, 1.165) is 5.56 Å². The molecule has 12 heteroatoms. The Morgan fingerprint density at radius 3 is 2.50 bits per heavy atom. The molecule has 0 radical (unpaired) electrons. The molecule has 1 aliphatic rings. The Labute approximate surface area is 223 Å². The van der Waals surface area contributed by atoms with Crippen molar-refractivity contribution < 1.29 is 23.5 Å². The fraction of sp³-hybridized carbons (Fsp3) is 0.192. The van der Waals surface area contributed by atoms with Crippen molar-refractivity contribution in [1.29, 1.82) is 0 Å². The molecule has 0 bridgehead atoms. The fourth-order valence-corrected chi connectivity index (χ4v) is 5.35. The lowest BCUT2D eigenvalue weighted by atomic mass is 9.93. The molecule has 0 fully saturated rings. The molecule has 2 aromatic carbocycles. The number of halogens is 3. The number of rotatable bonds is 6. The van der Waals surface area contributed by atoms with E-state index >= 15 is 0 Å². The molecule has 1 aliphatic heterocycles. The van der Waals surface area contributed by atoms with Gasteiger partial charge >= 0.3 is 17.8 Å². The number of fused-ring (bicyclic) bond motifs is 1. The molecule has 2 aromatic heterocycles. The molecule has 5 rings (SSSR count). The Kier molecular flexibility index (Phi) is 6.58. The molecule has 8 nitrogen and oxygen atoms in total. The number of carboxylic acids is 1. The van der Waals surface area contributed by atoms with Crippen LogP contribution in [0.25, 0.3) is 21.5 Å². The highest BCUT2D eigenvalue weighted by Crippen LogP contribution is 2.39. The number of nitrogens with zero attached hydrogens (tertiary/aromatic N) is 3. The number of thiazole rings is 1. The van der Waals surface area contributed by atoms with Gasteiger partial charge in [0.15, 0.2) is 5.65 Å². The van der Waals surface area contributed by atoms with Gasteiger partial charge in [-0.25, -0.2) is 9.99 Å². The molecule has 2 N–H and O–H groups in total. The number of aryl methyl sites for hydroxylation is 1. The van der Waals surface area contributed by atoms with Crippen molar-refractivity contribution in [3.63, 3.8) is 0 Å². The Morgan fingerprint density at radius 2 is 1.84 bits per heavy atom. The third-order valence-corrected chi connectivity index (χ3v) is 7.29. The topological polar surface area (TPSA) is 116 Å². The number of hydrazone groups is 1. The molecule has 0 aliphatic carbocycles. The number of nitrogens with one attached hydrogen (secondary N) is 1. The number of carbonyl (C=O) groups is 2. The minimum absolute atomic E-state index is 0.0497. The average molecular weight is 557 g/mol. The smallest absolute Gasteiger partial charge is 0.337 e. The molecule has 0 spiro atoms. The molecular weight excluding hydrogens is 538 g/mol. The molecule has 38 heavy (non-hydrogen) atoms. The number of hydrogen-bond acceptors (Lipinski definition) is 6. The van der Waals surface area contributed by atoms with E-state index in [0.29, 0.717) is 37.1 Å². The standard InChI is InChI=1S/C26H19ClF2N4O4S/c1-13-2-4-14(5-3-13)18-10-17(32-33(18)25(37)26(28,29)11-19(34)35)21-20(15-6-8-16(27)9-7-15)22-23(30-12-38-22)31-24(21)36/h2-9,12,18H,10-11H2,1H3,(H,31,36)(H,34,35). The highest BCUT2D eigenvalue weighted by molar-refractivity contribution is 7.17. The summed E-state index contributed by atoms with van der Waals surface area (Å²) in [5.74, 6) is -7.79. The molecule has 1 unspecified atom stereocenters. The second-order valence-electron chi connectivity index (χ2n) is 8.84. The number of amides is 1. The SMILES string of the molecule is Cc1ccc(C2CC(c3c(-c4ccc(Cl)cc4)c4scnc4[nH]c3=O)=NN2C(=O)C(F)(F)CC(=O)O)cc1. The van der Waals surface area contributed by atoms with Crippen LogP contribution in [0, 0.1) is 6.92 Å². The second kappa shape index (κ2) is 9.73. The first-order valence-electron chi connectivity index (χ1n) is 11.4. The minimum Gasteiger partial charge on any atom is -0.481 e. The third-order valence-electron chi connectivity index (χ3n) is 6.19. The van der Waals surface area contributed by atoms with E-state index in [9.17, 15) is 23.2 Å². The summed E-state index contributed by atoms with van der Waals surface area (Å²) in [7, 11) is 0. The van der Waals surface area contributed by atoms with Crippen LogP contribution < -0.4 is 5.56 Å². The van der Waals surface area contributed by atoms with Crippen molar-refractivity contribution in [2.75, 3.05) is 0 Å². The molecular formula is C26H19ClF2N4O4S. The minimum atomic E-state index is -4.21. The van der Waals surface area contributed by atoms with Crippen LogP contribution in [-0.2, 0) is 9.59 Å². The van der Waals surface area contributed by atoms with Crippen LogP contribution in [0.2, 0.25) is 5.02 Å². The van der Waals surface area contributed by atoms with E-state index in [1.807, 2.05) is 6.92 Å². The summed E-state index contributed by atoms with van der Waals surface area (Å²) in [5.41, 5.74) is 4.12. The van der Waals surface area contributed by atoms with Gasteiger partial charge in [-0.1, -0.05) is 53.6 Å². The lowest BCUT2D eigenvalue weighted by Gasteiger charge is -2.25. The zero-order valence-corrected chi connectivity index (χ0v) is 21.3. The number of aromatic amines is 1. The summed E-state index contributed by atoms with van der Waals surface area (Å²) in [5, 5.41) is 14.3. The zero-order chi connectivity index (χ0) is 27.2. The molecule has 4 aromatic rings. The maximum atomic E-state index is 14.7. The quantitative estimate of drug-likeness (QED) is 0.330. The van der Waals surface area contributed by atoms with Gasteiger partial charge in [0, 0.05) is 17.0 Å². The van der Waals surface area contributed by atoms with Crippen molar-refractivity contribution in [3.8, 4) is 11.1 Å². The summed E-state index contributed by atoms with van der Waals surface area (Å²) < 4.78 is 30.0. The maximum absolute atomic E-state index is 14.7. The summed E-state index contributed by atoms with van der Waals surface area (Å²) in [6, 6.07) is 12.7. The maximum Gasteiger partial charge on any atom is 0.337 e. The highest BCUT2D eigenvalue weighted by Gasteiger charge is 2.49. The van der Waals surface area contributed by atoms with Crippen molar-refractivity contribution in [1.82, 2.24) is 15.0 Å². The molecule has 1 amide bonds. The van der Waals surface area contributed by atoms with Crippen LogP contribution in [0.4, 0.5) is 8.78 Å². The lowest BCUT2D eigenvalue weighted by Crippen LogP contribution is -2.42.